The number of anilines is 2. The van der Waals surface area contributed by atoms with Crippen molar-refractivity contribution in [1.29, 1.82) is 0 Å². The van der Waals surface area contributed by atoms with Gasteiger partial charge in [-0.2, -0.15) is 0 Å². The number of hydrogen-bond acceptors (Lipinski definition) is 2. The van der Waals surface area contributed by atoms with Crippen molar-refractivity contribution in [3.05, 3.63) is 58.1 Å². The quantitative estimate of drug-likeness (QED) is 0.873. The van der Waals surface area contributed by atoms with E-state index in [4.69, 9.17) is 11.6 Å². The van der Waals surface area contributed by atoms with E-state index < -0.39 is 5.97 Å². The van der Waals surface area contributed by atoms with Gasteiger partial charge in [0.2, 0.25) is 0 Å². The molecule has 0 aliphatic rings. The molecular weight excluding hydrogens is 262 g/mol. The molecule has 0 aliphatic carbocycles. The fourth-order valence-electron chi connectivity index (χ4n) is 1.85. The minimum Gasteiger partial charge on any atom is -0.478 e. The predicted octanol–water partition coefficient (Wildman–Crippen LogP) is 4.40. The Morgan fingerprint density at radius 2 is 1.84 bits per heavy atom. The van der Waals surface area contributed by atoms with Gasteiger partial charge < -0.3 is 10.4 Å². The summed E-state index contributed by atoms with van der Waals surface area (Å²) in [5.41, 5.74) is 3.64. The number of aryl methyl sites for hydroxylation is 1. The Labute approximate surface area is 116 Å². The number of carboxylic acid groups (broad SMARTS) is 1. The summed E-state index contributed by atoms with van der Waals surface area (Å²) in [6.45, 7) is 3.99. The van der Waals surface area contributed by atoms with E-state index in [1.165, 1.54) is 6.07 Å². The normalized spacial score (nSPS) is 10.3. The van der Waals surface area contributed by atoms with Crippen molar-refractivity contribution < 1.29 is 9.90 Å². The molecule has 19 heavy (non-hydrogen) atoms. The van der Waals surface area contributed by atoms with Crippen molar-refractivity contribution in [3.8, 4) is 0 Å². The highest BCUT2D eigenvalue weighted by atomic mass is 35.5. The van der Waals surface area contributed by atoms with Gasteiger partial charge in [0.1, 0.15) is 0 Å². The number of halogens is 1. The maximum absolute atomic E-state index is 11.2. The molecule has 2 N–H and O–H groups in total. The molecule has 0 amide bonds. The maximum Gasteiger partial charge on any atom is 0.337 e. The maximum atomic E-state index is 11.2. The zero-order chi connectivity index (χ0) is 14.0. The van der Waals surface area contributed by atoms with E-state index in [1.54, 1.807) is 12.1 Å². The first-order valence-electron chi connectivity index (χ1n) is 5.85. The number of rotatable bonds is 3. The zero-order valence-electron chi connectivity index (χ0n) is 10.7. The molecule has 2 rings (SSSR count). The molecule has 0 aliphatic heterocycles. The highest BCUT2D eigenvalue weighted by Crippen LogP contribution is 2.31. The lowest BCUT2D eigenvalue weighted by molar-refractivity contribution is 0.0698. The highest BCUT2D eigenvalue weighted by Gasteiger charge is 2.14. The summed E-state index contributed by atoms with van der Waals surface area (Å²) in [6, 6.07) is 10.6. The monoisotopic (exact) mass is 275 g/mol. The summed E-state index contributed by atoms with van der Waals surface area (Å²) in [4.78, 5) is 11.2. The Hall–Kier alpha value is -2.00. The molecule has 0 saturated carbocycles. The lowest BCUT2D eigenvalue weighted by Crippen LogP contribution is -2.04. The van der Waals surface area contributed by atoms with E-state index in [1.807, 2.05) is 32.0 Å². The van der Waals surface area contributed by atoms with Crippen LogP contribution in [0.4, 0.5) is 11.4 Å². The van der Waals surface area contributed by atoms with Gasteiger partial charge in [-0.3, -0.25) is 0 Å². The van der Waals surface area contributed by atoms with Gasteiger partial charge in [0.25, 0.3) is 0 Å². The predicted molar refractivity (Wildman–Crippen MR) is 77.6 cm³/mol. The average molecular weight is 276 g/mol. The molecule has 2 aromatic rings. The smallest absolute Gasteiger partial charge is 0.337 e. The Kier molecular flexibility index (Phi) is 3.76. The summed E-state index contributed by atoms with van der Waals surface area (Å²) >= 11 is 6.09. The fourth-order valence-corrected chi connectivity index (χ4v) is 2.07. The molecule has 0 aromatic heterocycles. The number of carbonyl (C=O) groups is 1. The first kappa shape index (κ1) is 13.4. The first-order chi connectivity index (χ1) is 9.00. The van der Waals surface area contributed by atoms with Crippen LogP contribution in [-0.4, -0.2) is 11.1 Å². The summed E-state index contributed by atoms with van der Waals surface area (Å²) in [6.07, 6.45) is 0. The second-order valence-electron chi connectivity index (χ2n) is 4.34. The average Bonchev–Trinajstić information content (AvgIpc) is 2.36. The van der Waals surface area contributed by atoms with Crippen LogP contribution in [0.2, 0.25) is 5.02 Å². The number of benzene rings is 2. The molecule has 0 saturated heterocycles. The molecule has 0 bridgehead atoms. The van der Waals surface area contributed by atoms with Crippen LogP contribution < -0.4 is 5.32 Å². The van der Waals surface area contributed by atoms with Gasteiger partial charge >= 0.3 is 5.97 Å². The molecule has 0 fully saturated rings. The molecule has 0 heterocycles. The van der Waals surface area contributed by atoms with E-state index in [9.17, 15) is 9.90 Å². The van der Waals surface area contributed by atoms with Crippen molar-refractivity contribution in [2.75, 3.05) is 5.32 Å². The van der Waals surface area contributed by atoms with Gasteiger partial charge in [-0.05, 0) is 43.2 Å². The van der Waals surface area contributed by atoms with Crippen molar-refractivity contribution in [3.63, 3.8) is 0 Å². The highest BCUT2D eigenvalue weighted by molar-refractivity contribution is 6.34. The van der Waals surface area contributed by atoms with Gasteiger partial charge in [-0.25, -0.2) is 4.79 Å². The minimum absolute atomic E-state index is 0.161. The van der Waals surface area contributed by atoms with Crippen LogP contribution in [0, 0.1) is 13.8 Å². The van der Waals surface area contributed by atoms with Crippen LogP contribution in [0.1, 0.15) is 21.5 Å². The van der Waals surface area contributed by atoms with E-state index >= 15 is 0 Å². The van der Waals surface area contributed by atoms with Gasteiger partial charge in [-0.15, -0.1) is 0 Å². The van der Waals surface area contributed by atoms with Crippen LogP contribution in [0.25, 0.3) is 0 Å². The molecule has 98 valence electrons. The zero-order valence-corrected chi connectivity index (χ0v) is 11.5. The summed E-state index contributed by atoms with van der Waals surface area (Å²) in [5.74, 6) is -1.00. The van der Waals surface area contributed by atoms with Gasteiger partial charge in [-0.1, -0.05) is 29.8 Å². The second kappa shape index (κ2) is 5.33. The third kappa shape index (κ3) is 2.71. The molecule has 4 heteroatoms. The Balaban J connectivity index is 2.49. The van der Waals surface area contributed by atoms with Gasteiger partial charge in [0, 0.05) is 5.69 Å². The van der Waals surface area contributed by atoms with Crippen LogP contribution in [0.15, 0.2) is 36.4 Å². The number of carboxylic acids is 1. The topological polar surface area (TPSA) is 49.3 Å². The molecule has 0 spiro atoms. The van der Waals surface area contributed by atoms with E-state index in [0.717, 1.165) is 16.8 Å². The van der Waals surface area contributed by atoms with Gasteiger partial charge in [0.15, 0.2) is 0 Å². The molecule has 3 nitrogen and oxygen atoms in total. The Bertz CT molecular complexity index is 638. The molecule has 0 radical (unpaired) electrons. The van der Waals surface area contributed by atoms with Crippen LogP contribution >= 0.6 is 11.6 Å². The lowest BCUT2D eigenvalue weighted by Gasteiger charge is -2.14. The number of aromatic carboxylic acids is 1. The number of hydrogen-bond donors (Lipinski definition) is 2. The van der Waals surface area contributed by atoms with E-state index in [-0.39, 0.29) is 5.56 Å². The largest absolute Gasteiger partial charge is 0.478 e. The summed E-state index contributed by atoms with van der Waals surface area (Å²) < 4.78 is 0. The van der Waals surface area contributed by atoms with Crippen molar-refractivity contribution in [2.45, 2.75) is 13.8 Å². The summed E-state index contributed by atoms with van der Waals surface area (Å²) in [5, 5.41) is 12.7. The first-order valence-corrected chi connectivity index (χ1v) is 6.23. The van der Waals surface area contributed by atoms with E-state index in [2.05, 4.69) is 5.32 Å². The van der Waals surface area contributed by atoms with Crippen LogP contribution in [0.3, 0.4) is 0 Å². The SMILES string of the molecule is Cc1cccc(Nc2c(Cl)cccc2C(=O)O)c1C. The van der Waals surface area contributed by atoms with Gasteiger partial charge in [0.05, 0.1) is 16.3 Å². The minimum atomic E-state index is -1.00. The summed E-state index contributed by atoms with van der Waals surface area (Å²) in [7, 11) is 0. The molecule has 2 aromatic carbocycles. The number of para-hydroxylation sites is 1. The Morgan fingerprint density at radius 1 is 1.16 bits per heavy atom. The van der Waals surface area contributed by atoms with Crippen molar-refractivity contribution in [1.82, 2.24) is 0 Å². The molecular formula is C15H14ClNO2. The number of nitrogens with one attached hydrogen (secondary N) is 1. The van der Waals surface area contributed by atoms with Crippen molar-refractivity contribution in [2.24, 2.45) is 0 Å². The third-order valence-corrected chi connectivity index (χ3v) is 3.42. The second-order valence-corrected chi connectivity index (χ2v) is 4.75. The Morgan fingerprint density at radius 3 is 2.53 bits per heavy atom. The lowest BCUT2D eigenvalue weighted by atomic mass is 10.1. The van der Waals surface area contributed by atoms with Crippen LogP contribution in [-0.2, 0) is 0 Å². The third-order valence-electron chi connectivity index (χ3n) is 3.11. The standard InChI is InChI=1S/C15H14ClNO2/c1-9-5-3-8-13(10(9)2)17-14-11(15(18)19)6-4-7-12(14)16/h3-8,17H,1-2H3,(H,18,19). The molecule has 0 atom stereocenters. The molecule has 0 unspecified atom stereocenters. The van der Waals surface area contributed by atoms with Crippen LogP contribution in [0.5, 0.6) is 0 Å². The van der Waals surface area contributed by atoms with Crippen molar-refractivity contribution >= 4 is 28.9 Å². The fraction of sp³-hybridized carbons (Fsp3) is 0.133. The van der Waals surface area contributed by atoms with E-state index in [0.29, 0.717) is 10.7 Å².